The zero-order valence-electron chi connectivity index (χ0n) is 9.33. The second kappa shape index (κ2) is 5.41. The van der Waals surface area contributed by atoms with Crippen LogP contribution in [0.1, 0.15) is 12.0 Å². The standard InChI is InChI=1S/C11H13ClN2O2S/c1-3-4-5-14-17(15,16)11-7-10(13)8(2)6-9(11)12/h1,6-7,14H,4-5,13H2,2H3. The Labute approximate surface area is 106 Å². The van der Waals surface area contributed by atoms with Crippen LogP contribution in [0.4, 0.5) is 5.69 Å². The van der Waals surface area contributed by atoms with E-state index in [0.717, 1.165) is 5.56 Å². The zero-order chi connectivity index (χ0) is 13.1. The van der Waals surface area contributed by atoms with E-state index in [0.29, 0.717) is 12.1 Å². The molecule has 0 spiro atoms. The van der Waals surface area contributed by atoms with Crippen molar-refractivity contribution in [3.63, 3.8) is 0 Å². The fraction of sp³-hybridized carbons (Fsp3) is 0.273. The van der Waals surface area contributed by atoms with Gasteiger partial charge in [0.25, 0.3) is 0 Å². The van der Waals surface area contributed by atoms with E-state index in [-0.39, 0.29) is 16.5 Å². The summed E-state index contributed by atoms with van der Waals surface area (Å²) in [5, 5.41) is 0.143. The predicted molar refractivity (Wildman–Crippen MR) is 69.2 cm³/mol. The molecule has 92 valence electrons. The number of hydrogen-bond acceptors (Lipinski definition) is 3. The predicted octanol–water partition coefficient (Wildman–Crippen LogP) is 1.53. The molecule has 0 saturated heterocycles. The minimum absolute atomic E-state index is 0.0284. The van der Waals surface area contributed by atoms with E-state index in [1.807, 2.05) is 0 Å². The summed E-state index contributed by atoms with van der Waals surface area (Å²) in [6, 6.07) is 2.86. The molecule has 0 bridgehead atoms. The SMILES string of the molecule is C#CCCNS(=O)(=O)c1cc(N)c(C)cc1Cl. The molecule has 0 heterocycles. The van der Waals surface area contributed by atoms with Gasteiger partial charge in [-0.1, -0.05) is 11.6 Å². The topological polar surface area (TPSA) is 72.2 Å². The van der Waals surface area contributed by atoms with Gasteiger partial charge in [-0.15, -0.1) is 12.3 Å². The van der Waals surface area contributed by atoms with Crippen LogP contribution in [0.15, 0.2) is 17.0 Å². The Kier molecular flexibility index (Phi) is 4.40. The highest BCUT2D eigenvalue weighted by atomic mass is 35.5. The van der Waals surface area contributed by atoms with Gasteiger partial charge in [-0.05, 0) is 24.6 Å². The van der Waals surface area contributed by atoms with E-state index >= 15 is 0 Å². The molecule has 0 saturated carbocycles. The number of nitrogens with two attached hydrogens (primary N) is 1. The van der Waals surface area contributed by atoms with Crippen LogP contribution in [-0.4, -0.2) is 15.0 Å². The molecule has 0 radical (unpaired) electrons. The molecule has 1 aromatic carbocycles. The molecule has 1 aromatic rings. The van der Waals surface area contributed by atoms with Crippen molar-refractivity contribution in [1.82, 2.24) is 4.72 Å². The molecular formula is C11H13ClN2O2S. The molecule has 1 rings (SSSR count). The lowest BCUT2D eigenvalue weighted by molar-refractivity contribution is 0.582. The summed E-state index contributed by atoms with van der Waals surface area (Å²) in [6.45, 7) is 1.92. The van der Waals surface area contributed by atoms with E-state index in [4.69, 9.17) is 23.8 Å². The molecule has 0 atom stereocenters. The number of benzene rings is 1. The number of nitrogens with one attached hydrogen (secondary N) is 1. The molecule has 0 amide bonds. The van der Waals surface area contributed by atoms with E-state index in [2.05, 4.69) is 10.6 Å². The van der Waals surface area contributed by atoms with Crippen molar-refractivity contribution in [3.8, 4) is 12.3 Å². The number of terminal acetylenes is 1. The van der Waals surface area contributed by atoms with Crippen molar-refractivity contribution < 1.29 is 8.42 Å². The van der Waals surface area contributed by atoms with Gasteiger partial charge in [0.15, 0.2) is 0 Å². The first-order valence-electron chi connectivity index (χ1n) is 4.87. The van der Waals surface area contributed by atoms with Crippen LogP contribution in [0.2, 0.25) is 5.02 Å². The van der Waals surface area contributed by atoms with Gasteiger partial charge in [0.2, 0.25) is 10.0 Å². The van der Waals surface area contributed by atoms with Crippen LogP contribution in [0.5, 0.6) is 0 Å². The first-order chi connectivity index (χ1) is 7.88. The third-order valence-electron chi connectivity index (χ3n) is 2.17. The zero-order valence-corrected chi connectivity index (χ0v) is 10.9. The molecule has 17 heavy (non-hydrogen) atoms. The smallest absolute Gasteiger partial charge is 0.242 e. The number of nitrogen functional groups attached to an aromatic ring is 1. The summed E-state index contributed by atoms with van der Waals surface area (Å²) < 4.78 is 26.1. The van der Waals surface area contributed by atoms with E-state index in [1.54, 1.807) is 6.92 Å². The quantitative estimate of drug-likeness (QED) is 0.496. The average molecular weight is 273 g/mol. The Morgan fingerprint density at radius 3 is 2.76 bits per heavy atom. The maximum atomic E-state index is 11.9. The van der Waals surface area contributed by atoms with Gasteiger partial charge in [-0.3, -0.25) is 0 Å². The fourth-order valence-electron chi connectivity index (χ4n) is 1.21. The van der Waals surface area contributed by atoms with Gasteiger partial charge in [0, 0.05) is 18.7 Å². The van der Waals surface area contributed by atoms with Crippen molar-refractivity contribution >= 4 is 27.3 Å². The number of rotatable bonds is 4. The molecule has 0 unspecified atom stereocenters. The third-order valence-corrected chi connectivity index (χ3v) is 4.10. The molecule has 0 aliphatic carbocycles. The van der Waals surface area contributed by atoms with E-state index < -0.39 is 10.0 Å². The highest BCUT2D eigenvalue weighted by molar-refractivity contribution is 7.89. The maximum absolute atomic E-state index is 11.9. The van der Waals surface area contributed by atoms with Crippen molar-refractivity contribution in [1.29, 1.82) is 0 Å². The van der Waals surface area contributed by atoms with Crippen molar-refractivity contribution in [2.75, 3.05) is 12.3 Å². The van der Waals surface area contributed by atoms with Crippen LogP contribution in [-0.2, 0) is 10.0 Å². The molecule has 0 aromatic heterocycles. The molecular weight excluding hydrogens is 260 g/mol. The third kappa shape index (κ3) is 3.37. The lowest BCUT2D eigenvalue weighted by Gasteiger charge is -2.09. The number of hydrogen-bond donors (Lipinski definition) is 2. The highest BCUT2D eigenvalue weighted by Crippen LogP contribution is 2.26. The van der Waals surface area contributed by atoms with Gasteiger partial charge in [0.1, 0.15) is 4.90 Å². The number of aryl methyl sites for hydroxylation is 1. The summed E-state index contributed by atoms with van der Waals surface area (Å²) in [4.78, 5) is -0.0284. The van der Waals surface area contributed by atoms with Crippen molar-refractivity contribution in [2.45, 2.75) is 18.2 Å². The lowest BCUT2D eigenvalue weighted by Crippen LogP contribution is -2.25. The summed E-state index contributed by atoms with van der Waals surface area (Å²) >= 11 is 5.88. The summed E-state index contributed by atoms with van der Waals surface area (Å²) in [5.74, 6) is 2.34. The van der Waals surface area contributed by atoms with E-state index in [9.17, 15) is 8.42 Å². The minimum atomic E-state index is -3.66. The van der Waals surface area contributed by atoms with Gasteiger partial charge < -0.3 is 5.73 Å². The first-order valence-corrected chi connectivity index (χ1v) is 6.73. The largest absolute Gasteiger partial charge is 0.398 e. The van der Waals surface area contributed by atoms with Gasteiger partial charge in [-0.25, -0.2) is 13.1 Å². The van der Waals surface area contributed by atoms with Crippen LogP contribution in [0.25, 0.3) is 0 Å². The Bertz CT molecular complexity index is 562. The average Bonchev–Trinajstić information content (AvgIpc) is 2.23. The molecule has 0 fully saturated rings. The number of sulfonamides is 1. The normalized spacial score (nSPS) is 11.1. The van der Waals surface area contributed by atoms with Crippen LogP contribution in [0.3, 0.4) is 0 Å². The van der Waals surface area contributed by atoms with Gasteiger partial charge in [0.05, 0.1) is 5.02 Å². The second-order valence-electron chi connectivity index (χ2n) is 3.49. The Hall–Kier alpha value is -1.22. The molecule has 0 aliphatic heterocycles. The Morgan fingerprint density at radius 1 is 1.53 bits per heavy atom. The van der Waals surface area contributed by atoms with Crippen LogP contribution >= 0.6 is 11.6 Å². The minimum Gasteiger partial charge on any atom is -0.398 e. The summed E-state index contributed by atoms with van der Waals surface area (Å²) in [7, 11) is -3.66. The monoisotopic (exact) mass is 272 g/mol. The Morgan fingerprint density at radius 2 is 2.18 bits per heavy atom. The van der Waals surface area contributed by atoms with Crippen molar-refractivity contribution in [3.05, 3.63) is 22.7 Å². The lowest BCUT2D eigenvalue weighted by atomic mass is 10.2. The summed E-state index contributed by atoms with van der Waals surface area (Å²) in [6.07, 6.45) is 5.36. The van der Waals surface area contributed by atoms with Gasteiger partial charge in [-0.2, -0.15) is 0 Å². The first kappa shape index (κ1) is 13.8. The van der Waals surface area contributed by atoms with Crippen LogP contribution in [0, 0.1) is 19.3 Å². The molecule has 3 N–H and O–H groups in total. The maximum Gasteiger partial charge on any atom is 0.242 e. The van der Waals surface area contributed by atoms with E-state index in [1.165, 1.54) is 12.1 Å². The number of halogens is 1. The van der Waals surface area contributed by atoms with Gasteiger partial charge >= 0.3 is 0 Å². The summed E-state index contributed by atoms with van der Waals surface area (Å²) in [5.41, 5.74) is 6.77. The second-order valence-corrected chi connectivity index (χ2v) is 5.63. The Balaban J connectivity index is 3.08. The molecule has 4 nitrogen and oxygen atoms in total. The molecule has 6 heteroatoms. The van der Waals surface area contributed by atoms with Crippen molar-refractivity contribution in [2.24, 2.45) is 0 Å². The fourth-order valence-corrected chi connectivity index (χ4v) is 2.86. The van der Waals surface area contributed by atoms with Crippen LogP contribution < -0.4 is 10.5 Å². The highest BCUT2D eigenvalue weighted by Gasteiger charge is 2.18. The molecule has 0 aliphatic rings. The number of anilines is 1.